The Morgan fingerprint density at radius 1 is 1.05 bits per heavy atom. The fourth-order valence-electron chi connectivity index (χ4n) is 2.16. The van der Waals surface area contributed by atoms with Crippen molar-refractivity contribution >= 4 is 23.4 Å². The Morgan fingerprint density at radius 3 is 2.27 bits per heavy atom. The van der Waals surface area contributed by atoms with Crippen LogP contribution in [0, 0.1) is 6.92 Å². The summed E-state index contributed by atoms with van der Waals surface area (Å²) in [6, 6.07) is 14.9. The summed E-state index contributed by atoms with van der Waals surface area (Å²) in [4.78, 5) is 24.8. The molecule has 0 aliphatic carbocycles. The number of hydrogen-bond acceptors (Lipinski definition) is 2. The number of benzene rings is 2. The minimum atomic E-state index is -0.956. The van der Waals surface area contributed by atoms with Gasteiger partial charge >= 0.3 is 11.8 Å². The molecule has 2 rings (SSSR count). The molecule has 114 valence electrons. The van der Waals surface area contributed by atoms with Crippen molar-refractivity contribution in [2.75, 3.05) is 0 Å². The lowest BCUT2D eigenvalue weighted by atomic mass is 10.1. The Labute approximate surface area is 134 Å². The molecule has 0 aliphatic heterocycles. The minimum Gasteiger partial charge on any atom is -0.361 e. The molecule has 2 aromatic carbocycles. The smallest absolute Gasteiger partial charge is 0.312 e. The van der Waals surface area contributed by atoms with E-state index in [2.05, 4.69) is 0 Å². The van der Waals surface area contributed by atoms with Gasteiger partial charge in [-0.05, 0) is 35.7 Å². The molecule has 0 bridgehead atoms. The summed E-state index contributed by atoms with van der Waals surface area (Å²) in [7, 11) is 0. The van der Waals surface area contributed by atoms with Crippen LogP contribution in [0.2, 0.25) is 5.02 Å². The lowest BCUT2D eigenvalue weighted by Crippen LogP contribution is -2.39. The van der Waals surface area contributed by atoms with E-state index in [9.17, 15) is 9.59 Å². The molecule has 4 nitrogen and oxygen atoms in total. The second-order valence-electron chi connectivity index (χ2n) is 5.08. The van der Waals surface area contributed by atoms with Crippen molar-refractivity contribution in [1.29, 1.82) is 0 Å². The number of aryl methyl sites for hydroxylation is 1. The number of primary amides is 1. The van der Waals surface area contributed by atoms with E-state index in [0.29, 0.717) is 18.1 Å². The van der Waals surface area contributed by atoms with Crippen LogP contribution in [0.15, 0.2) is 48.5 Å². The van der Waals surface area contributed by atoms with Gasteiger partial charge in [-0.3, -0.25) is 9.59 Å². The molecule has 0 fully saturated rings. The molecular weight excluding hydrogens is 300 g/mol. The van der Waals surface area contributed by atoms with Crippen molar-refractivity contribution in [1.82, 2.24) is 4.90 Å². The topological polar surface area (TPSA) is 63.4 Å². The van der Waals surface area contributed by atoms with E-state index >= 15 is 0 Å². The Kier molecular flexibility index (Phi) is 5.17. The Hall–Kier alpha value is -2.33. The number of nitrogens with zero attached hydrogens (tertiary/aromatic N) is 1. The van der Waals surface area contributed by atoms with Gasteiger partial charge in [-0.2, -0.15) is 0 Å². The maximum atomic E-state index is 12.1. The molecule has 0 saturated heterocycles. The molecule has 0 spiro atoms. The van der Waals surface area contributed by atoms with Crippen LogP contribution >= 0.6 is 11.6 Å². The molecule has 2 amide bonds. The van der Waals surface area contributed by atoms with Crippen molar-refractivity contribution in [3.8, 4) is 0 Å². The first-order valence-electron chi connectivity index (χ1n) is 6.85. The molecule has 0 aromatic heterocycles. The molecule has 22 heavy (non-hydrogen) atoms. The van der Waals surface area contributed by atoms with Crippen molar-refractivity contribution in [2.45, 2.75) is 20.0 Å². The third-order valence-corrected chi connectivity index (χ3v) is 3.66. The zero-order valence-electron chi connectivity index (χ0n) is 12.3. The highest BCUT2D eigenvalue weighted by atomic mass is 35.5. The standard InChI is InChI=1S/C17H17ClN2O2/c1-12-4-2-3-5-14(12)11-20(17(22)16(19)21)10-13-6-8-15(18)9-7-13/h2-9H,10-11H2,1H3,(H2,19,21). The third-order valence-electron chi connectivity index (χ3n) is 3.41. The SMILES string of the molecule is Cc1ccccc1CN(Cc1ccc(Cl)cc1)C(=O)C(N)=O. The molecule has 0 saturated carbocycles. The van der Waals surface area contributed by atoms with Gasteiger partial charge in [0.1, 0.15) is 0 Å². The first kappa shape index (κ1) is 16.0. The monoisotopic (exact) mass is 316 g/mol. The van der Waals surface area contributed by atoms with Crippen LogP contribution in [-0.4, -0.2) is 16.7 Å². The maximum Gasteiger partial charge on any atom is 0.312 e. The molecule has 0 unspecified atom stereocenters. The maximum absolute atomic E-state index is 12.1. The lowest BCUT2D eigenvalue weighted by molar-refractivity contribution is -0.145. The largest absolute Gasteiger partial charge is 0.361 e. The Bertz CT molecular complexity index is 683. The van der Waals surface area contributed by atoms with Gasteiger partial charge in [0.25, 0.3) is 0 Å². The summed E-state index contributed by atoms with van der Waals surface area (Å²) >= 11 is 5.86. The van der Waals surface area contributed by atoms with Crippen LogP contribution in [0.5, 0.6) is 0 Å². The fraction of sp³-hybridized carbons (Fsp3) is 0.176. The first-order chi connectivity index (χ1) is 10.5. The van der Waals surface area contributed by atoms with Crippen LogP contribution in [0.4, 0.5) is 0 Å². The molecule has 5 heteroatoms. The van der Waals surface area contributed by atoms with Gasteiger partial charge in [0.2, 0.25) is 0 Å². The molecule has 2 aromatic rings. The van der Waals surface area contributed by atoms with E-state index in [4.69, 9.17) is 17.3 Å². The second-order valence-corrected chi connectivity index (χ2v) is 5.51. The highest BCUT2D eigenvalue weighted by Crippen LogP contribution is 2.15. The van der Waals surface area contributed by atoms with Crippen LogP contribution in [0.3, 0.4) is 0 Å². The van der Waals surface area contributed by atoms with E-state index in [1.807, 2.05) is 43.3 Å². The molecule has 0 radical (unpaired) electrons. The third kappa shape index (κ3) is 4.09. The number of nitrogens with two attached hydrogens (primary N) is 1. The van der Waals surface area contributed by atoms with Crippen LogP contribution < -0.4 is 5.73 Å². The van der Waals surface area contributed by atoms with Gasteiger partial charge in [-0.15, -0.1) is 0 Å². The summed E-state index contributed by atoms with van der Waals surface area (Å²) in [5, 5.41) is 0.621. The number of hydrogen-bond donors (Lipinski definition) is 1. The van der Waals surface area contributed by atoms with Crippen molar-refractivity contribution < 1.29 is 9.59 Å². The molecular formula is C17H17ClN2O2. The highest BCUT2D eigenvalue weighted by molar-refractivity contribution is 6.34. The van der Waals surface area contributed by atoms with Gasteiger partial charge < -0.3 is 10.6 Å². The average molecular weight is 317 g/mol. The predicted octanol–water partition coefficient (Wildman–Crippen LogP) is 2.66. The predicted molar refractivity (Wildman–Crippen MR) is 86.1 cm³/mol. The summed E-state index contributed by atoms with van der Waals surface area (Å²) in [5.74, 6) is -1.65. The number of carbonyl (C=O) groups is 2. The van der Waals surface area contributed by atoms with E-state index < -0.39 is 11.8 Å². The number of rotatable bonds is 4. The van der Waals surface area contributed by atoms with Crippen LogP contribution in [0.1, 0.15) is 16.7 Å². The van der Waals surface area contributed by atoms with Crippen molar-refractivity contribution in [2.24, 2.45) is 5.73 Å². The van der Waals surface area contributed by atoms with Crippen molar-refractivity contribution in [3.63, 3.8) is 0 Å². The zero-order chi connectivity index (χ0) is 16.1. The molecule has 0 heterocycles. The average Bonchev–Trinajstić information content (AvgIpc) is 2.50. The lowest BCUT2D eigenvalue weighted by Gasteiger charge is -2.22. The van der Waals surface area contributed by atoms with E-state index in [-0.39, 0.29) is 0 Å². The number of carbonyl (C=O) groups excluding carboxylic acids is 2. The fourth-order valence-corrected chi connectivity index (χ4v) is 2.28. The molecule has 0 aliphatic rings. The summed E-state index contributed by atoms with van der Waals surface area (Å²) in [5.41, 5.74) is 8.07. The van der Waals surface area contributed by atoms with Crippen LogP contribution in [-0.2, 0) is 22.7 Å². The summed E-state index contributed by atoms with van der Waals surface area (Å²) in [6.45, 7) is 2.59. The second kappa shape index (κ2) is 7.09. The van der Waals surface area contributed by atoms with Gasteiger partial charge in [-0.25, -0.2) is 0 Å². The zero-order valence-corrected chi connectivity index (χ0v) is 13.0. The van der Waals surface area contributed by atoms with Gasteiger partial charge in [0, 0.05) is 18.1 Å². The summed E-state index contributed by atoms with van der Waals surface area (Å²) < 4.78 is 0. The minimum absolute atomic E-state index is 0.299. The van der Waals surface area contributed by atoms with Gasteiger partial charge in [0.05, 0.1) is 0 Å². The van der Waals surface area contributed by atoms with E-state index in [0.717, 1.165) is 16.7 Å². The number of amides is 2. The van der Waals surface area contributed by atoms with E-state index in [1.54, 1.807) is 12.1 Å². The van der Waals surface area contributed by atoms with Gasteiger partial charge in [0.15, 0.2) is 0 Å². The number of halogens is 1. The molecule has 0 atom stereocenters. The van der Waals surface area contributed by atoms with Gasteiger partial charge in [-0.1, -0.05) is 48.0 Å². The quantitative estimate of drug-likeness (QED) is 0.881. The molecule has 2 N–H and O–H groups in total. The highest BCUT2D eigenvalue weighted by Gasteiger charge is 2.20. The van der Waals surface area contributed by atoms with Crippen molar-refractivity contribution in [3.05, 3.63) is 70.2 Å². The Balaban J connectivity index is 2.23. The first-order valence-corrected chi connectivity index (χ1v) is 7.23. The van der Waals surface area contributed by atoms with E-state index in [1.165, 1.54) is 4.90 Å². The Morgan fingerprint density at radius 2 is 1.68 bits per heavy atom. The van der Waals surface area contributed by atoms with Crippen LogP contribution in [0.25, 0.3) is 0 Å². The normalized spacial score (nSPS) is 10.3. The summed E-state index contributed by atoms with van der Waals surface area (Å²) in [6.07, 6.45) is 0.